The van der Waals surface area contributed by atoms with Crippen LogP contribution in [-0.4, -0.2) is 26.4 Å². The zero-order valence-electron chi connectivity index (χ0n) is 12.6. The maximum atomic E-state index is 11.1. The summed E-state index contributed by atoms with van der Waals surface area (Å²) in [5, 5.41) is 3.24. The molecular formula is C17H17BrClNO3. The van der Waals surface area contributed by atoms with E-state index in [4.69, 9.17) is 16.3 Å². The molecule has 0 fully saturated rings. The van der Waals surface area contributed by atoms with Gasteiger partial charge in [-0.25, -0.2) is 4.79 Å². The Bertz CT molecular complexity index is 620. The molecule has 1 N–H and O–H groups in total. The number of carbonyl (C=O) groups excluding carboxylic acids is 1. The summed E-state index contributed by atoms with van der Waals surface area (Å²) in [7, 11) is 1.33. The Balaban J connectivity index is 2.13. The summed E-state index contributed by atoms with van der Waals surface area (Å²) in [4.78, 5) is 11.1. The van der Waals surface area contributed by atoms with E-state index in [0.29, 0.717) is 18.2 Å². The second-order valence-electron chi connectivity index (χ2n) is 4.78. The molecule has 2 rings (SSSR count). The number of hydrogen-bond donors (Lipinski definition) is 1. The smallest absolute Gasteiger partial charge is 0.406 e. The monoisotopic (exact) mass is 397 g/mol. The van der Waals surface area contributed by atoms with Crippen molar-refractivity contribution >= 4 is 33.6 Å². The van der Waals surface area contributed by atoms with Crippen molar-refractivity contribution in [3.8, 4) is 0 Å². The quantitative estimate of drug-likeness (QED) is 0.725. The molecule has 1 amide bonds. The molecule has 0 aliphatic rings. The fourth-order valence-electron chi connectivity index (χ4n) is 2.13. The third kappa shape index (κ3) is 5.53. The first kappa shape index (κ1) is 17.8. The average molecular weight is 399 g/mol. The lowest BCUT2D eigenvalue weighted by Crippen LogP contribution is -2.27. The zero-order valence-corrected chi connectivity index (χ0v) is 14.9. The van der Waals surface area contributed by atoms with E-state index in [1.54, 1.807) is 0 Å². The van der Waals surface area contributed by atoms with Gasteiger partial charge in [0.1, 0.15) is 6.10 Å². The number of alkyl carbamates (subject to hydrolysis) is 1. The van der Waals surface area contributed by atoms with Crippen molar-refractivity contribution in [2.75, 3.05) is 20.3 Å². The molecule has 0 radical (unpaired) electrons. The second-order valence-corrected chi connectivity index (χ2v) is 6.13. The van der Waals surface area contributed by atoms with Crippen molar-refractivity contribution in [3.05, 3.63) is 69.2 Å². The summed E-state index contributed by atoms with van der Waals surface area (Å²) in [6, 6.07) is 15.4. The Labute approximate surface area is 148 Å². The van der Waals surface area contributed by atoms with Crippen LogP contribution < -0.4 is 5.32 Å². The molecule has 2 aromatic rings. The average Bonchev–Trinajstić information content (AvgIpc) is 2.54. The first-order chi connectivity index (χ1) is 11.1. The molecule has 2 aromatic carbocycles. The van der Waals surface area contributed by atoms with Gasteiger partial charge in [-0.15, -0.1) is 0 Å². The SMILES string of the molecule is COC(=O)NCCOC(c1cccc(Cl)c1)c1cccc(Br)c1. The molecule has 0 saturated heterocycles. The van der Waals surface area contributed by atoms with Crippen molar-refractivity contribution in [3.63, 3.8) is 0 Å². The molecule has 6 heteroatoms. The Morgan fingerprint density at radius 2 is 1.91 bits per heavy atom. The Kier molecular flexibility index (Phi) is 6.89. The van der Waals surface area contributed by atoms with Gasteiger partial charge in [-0.3, -0.25) is 0 Å². The van der Waals surface area contributed by atoms with Crippen LogP contribution in [0.1, 0.15) is 17.2 Å². The van der Waals surface area contributed by atoms with E-state index >= 15 is 0 Å². The number of halogens is 2. The molecular weight excluding hydrogens is 382 g/mol. The van der Waals surface area contributed by atoms with Crippen LogP contribution in [0.25, 0.3) is 0 Å². The van der Waals surface area contributed by atoms with E-state index in [1.807, 2.05) is 48.5 Å². The van der Waals surface area contributed by atoms with E-state index in [-0.39, 0.29) is 6.10 Å². The summed E-state index contributed by atoms with van der Waals surface area (Å²) < 4.78 is 11.5. The highest BCUT2D eigenvalue weighted by atomic mass is 79.9. The predicted molar refractivity (Wildman–Crippen MR) is 93.8 cm³/mol. The molecule has 1 unspecified atom stereocenters. The number of ether oxygens (including phenoxy) is 2. The Morgan fingerprint density at radius 3 is 2.57 bits per heavy atom. The zero-order chi connectivity index (χ0) is 16.7. The minimum absolute atomic E-state index is 0.273. The third-order valence-corrected chi connectivity index (χ3v) is 3.87. The fourth-order valence-corrected chi connectivity index (χ4v) is 2.74. The summed E-state index contributed by atoms with van der Waals surface area (Å²) in [6.45, 7) is 0.705. The van der Waals surface area contributed by atoms with E-state index in [9.17, 15) is 4.79 Å². The lowest BCUT2D eigenvalue weighted by molar-refractivity contribution is 0.0806. The molecule has 0 aliphatic carbocycles. The van der Waals surface area contributed by atoms with Gasteiger partial charge in [0, 0.05) is 16.0 Å². The number of hydrogen-bond acceptors (Lipinski definition) is 3. The maximum Gasteiger partial charge on any atom is 0.406 e. The Hall–Kier alpha value is -1.56. The van der Waals surface area contributed by atoms with Crippen LogP contribution in [0.2, 0.25) is 5.02 Å². The van der Waals surface area contributed by atoms with Gasteiger partial charge >= 0.3 is 6.09 Å². The second kappa shape index (κ2) is 8.91. The highest BCUT2D eigenvalue weighted by Crippen LogP contribution is 2.29. The number of carbonyl (C=O) groups is 1. The van der Waals surface area contributed by atoms with Crippen molar-refractivity contribution in [2.24, 2.45) is 0 Å². The summed E-state index contributed by atoms with van der Waals surface area (Å²) >= 11 is 9.56. The number of amides is 1. The minimum Gasteiger partial charge on any atom is -0.453 e. The molecule has 0 aliphatic heterocycles. The minimum atomic E-state index is -0.477. The number of rotatable bonds is 6. The number of methoxy groups -OCH3 is 1. The standard InChI is InChI=1S/C17H17BrClNO3/c1-22-17(21)20-8-9-23-16(12-4-2-6-14(18)10-12)13-5-3-7-15(19)11-13/h2-7,10-11,16H,8-9H2,1H3,(H,20,21). The van der Waals surface area contributed by atoms with Gasteiger partial charge < -0.3 is 14.8 Å². The fraction of sp³-hybridized carbons (Fsp3) is 0.235. The topological polar surface area (TPSA) is 47.6 Å². The first-order valence-electron chi connectivity index (χ1n) is 7.04. The van der Waals surface area contributed by atoms with Crippen LogP contribution in [0.15, 0.2) is 53.0 Å². The molecule has 0 saturated carbocycles. The summed E-state index contributed by atoms with van der Waals surface area (Å²) in [5.41, 5.74) is 1.95. The normalized spacial score (nSPS) is 11.8. The van der Waals surface area contributed by atoms with Crippen LogP contribution >= 0.6 is 27.5 Å². The van der Waals surface area contributed by atoms with Gasteiger partial charge in [0.25, 0.3) is 0 Å². The lowest BCUT2D eigenvalue weighted by Gasteiger charge is -2.19. The van der Waals surface area contributed by atoms with Gasteiger partial charge in [-0.2, -0.15) is 0 Å². The molecule has 0 heterocycles. The van der Waals surface area contributed by atoms with Gasteiger partial charge in [0.2, 0.25) is 0 Å². The van der Waals surface area contributed by atoms with E-state index < -0.39 is 6.09 Å². The van der Waals surface area contributed by atoms with Crippen molar-refractivity contribution in [1.29, 1.82) is 0 Å². The van der Waals surface area contributed by atoms with Crippen LogP contribution in [0.5, 0.6) is 0 Å². The molecule has 0 bridgehead atoms. The van der Waals surface area contributed by atoms with Gasteiger partial charge in [-0.05, 0) is 35.4 Å². The molecule has 4 nitrogen and oxygen atoms in total. The van der Waals surface area contributed by atoms with Crippen molar-refractivity contribution < 1.29 is 14.3 Å². The largest absolute Gasteiger partial charge is 0.453 e. The number of nitrogens with one attached hydrogen (secondary N) is 1. The maximum absolute atomic E-state index is 11.1. The first-order valence-corrected chi connectivity index (χ1v) is 8.21. The Morgan fingerprint density at radius 1 is 1.22 bits per heavy atom. The molecule has 0 spiro atoms. The third-order valence-electron chi connectivity index (χ3n) is 3.14. The number of benzene rings is 2. The van der Waals surface area contributed by atoms with Crippen LogP contribution in [0, 0.1) is 0 Å². The van der Waals surface area contributed by atoms with E-state index in [1.165, 1.54) is 7.11 Å². The van der Waals surface area contributed by atoms with Crippen molar-refractivity contribution in [1.82, 2.24) is 5.32 Å². The van der Waals surface area contributed by atoms with Gasteiger partial charge in [0.15, 0.2) is 0 Å². The van der Waals surface area contributed by atoms with E-state index in [0.717, 1.165) is 15.6 Å². The lowest BCUT2D eigenvalue weighted by atomic mass is 10.0. The van der Waals surface area contributed by atoms with Crippen molar-refractivity contribution in [2.45, 2.75) is 6.10 Å². The van der Waals surface area contributed by atoms with Gasteiger partial charge in [-0.1, -0.05) is 51.8 Å². The van der Waals surface area contributed by atoms with E-state index in [2.05, 4.69) is 26.0 Å². The van der Waals surface area contributed by atoms with Crippen LogP contribution in [0.4, 0.5) is 4.79 Å². The van der Waals surface area contributed by atoms with Crippen LogP contribution in [-0.2, 0) is 9.47 Å². The molecule has 122 valence electrons. The van der Waals surface area contributed by atoms with Crippen LogP contribution in [0.3, 0.4) is 0 Å². The summed E-state index contributed by atoms with van der Waals surface area (Å²) in [6.07, 6.45) is -0.749. The molecule has 23 heavy (non-hydrogen) atoms. The highest BCUT2D eigenvalue weighted by Gasteiger charge is 2.15. The summed E-state index contributed by atoms with van der Waals surface area (Å²) in [5.74, 6) is 0. The molecule has 0 aromatic heterocycles. The molecule has 1 atom stereocenters. The highest BCUT2D eigenvalue weighted by molar-refractivity contribution is 9.10. The van der Waals surface area contributed by atoms with Gasteiger partial charge in [0.05, 0.1) is 13.7 Å². The predicted octanol–water partition coefficient (Wildman–Crippen LogP) is 4.56.